The number of benzene rings is 3. The molecule has 0 aromatic heterocycles. The van der Waals surface area contributed by atoms with Crippen molar-refractivity contribution in [2.24, 2.45) is 5.73 Å². The van der Waals surface area contributed by atoms with Crippen LogP contribution < -0.4 is 21.3 Å². The number of hydrogen-bond acceptors (Lipinski definition) is 5. The molecule has 1 fully saturated rings. The average molecular weight is 442 g/mol. The van der Waals surface area contributed by atoms with Gasteiger partial charge in [-0.15, -0.1) is 0 Å². The molecule has 2 aliphatic rings. The maximum Gasteiger partial charge on any atom is 0.268 e. The standard InChI is InChI=1S/C27H31N5O/c28-18-20-6-9-25(10-7-20)32-16-13-29-26(27(32)33)30-24-11-14-31(15-12-24)19-21-5-8-22-3-1-2-4-23(22)17-21/h1-10,13,16-17,24,26,29-30H,11-12,14-15,18-19,28H2. The second-order valence-electron chi connectivity index (χ2n) is 8.89. The van der Waals surface area contributed by atoms with Crippen LogP contribution in [-0.4, -0.2) is 36.1 Å². The number of hydrogen-bond donors (Lipinski definition) is 3. The van der Waals surface area contributed by atoms with Crippen LogP contribution in [0.1, 0.15) is 24.0 Å². The lowest BCUT2D eigenvalue weighted by Gasteiger charge is -2.36. The number of likely N-dealkylation sites (tertiary alicyclic amines) is 1. The Labute approximate surface area is 195 Å². The maximum absolute atomic E-state index is 13.1. The topological polar surface area (TPSA) is 73.6 Å². The van der Waals surface area contributed by atoms with Crippen LogP contribution in [0.2, 0.25) is 0 Å². The highest BCUT2D eigenvalue weighted by Gasteiger charge is 2.30. The number of rotatable bonds is 6. The van der Waals surface area contributed by atoms with Gasteiger partial charge in [-0.3, -0.25) is 19.9 Å². The van der Waals surface area contributed by atoms with E-state index >= 15 is 0 Å². The molecule has 1 amide bonds. The second kappa shape index (κ2) is 9.75. The average Bonchev–Trinajstić information content (AvgIpc) is 2.86. The molecular weight excluding hydrogens is 410 g/mol. The maximum atomic E-state index is 13.1. The number of piperidine rings is 1. The van der Waals surface area contributed by atoms with Gasteiger partial charge < -0.3 is 11.1 Å². The van der Waals surface area contributed by atoms with E-state index in [1.165, 1.54) is 16.3 Å². The summed E-state index contributed by atoms with van der Waals surface area (Å²) in [5, 5.41) is 9.31. The zero-order valence-corrected chi connectivity index (χ0v) is 18.8. The Kier molecular flexibility index (Phi) is 6.39. The molecule has 4 N–H and O–H groups in total. The Morgan fingerprint density at radius 3 is 2.42 bits per heavy atom. The minimum absolute atomic E-state index is 0.0107. The molecule has 1 saturated heterocycles. The molecule has 2 heterocycles. The molecule has 5 rings (SSSR count). The second-order valence-corrected chi connectivity index (χ2v) is 8.89. The van der Waals surface area contributed by atoms with Crippen molar-refractivity contribution < 1.29 is 4.79 Å². The monoisotopic (exact) mass is 441 g/mol. The molecule has 6 nitrogen and oxygen atoms in total. The normalized spacial score (nSPS) is 19.7. The number of carbonyl (C=O) groups excluding carboxylic acids is 1. The van der Waals surface area contributed by atoms with Crippen LogP contribution in [-0.2, 0) is 17.9 Å². The number of amides is 1. The quantitative estimate of drug-likeness (QED) is 0.548. The molecule has 0 saturated carbocycles. The molecule has 6 heteroatoms. The lowest BCUT2D eigenvalue weighted by atomic mass is 10.0. The highest BCUT2D eigenvalue weighted by molar-refractivity contribution is 5.99. The number of carbonyl (C=O) groups is 1. The highest BCUT2D eigenvalue weighted by Crippen LogP contribution is 2.21. The van der Waals surface area contributed by atoms with Gasteiger partial charge in [-0.25, -0.2) is 0 Å². The Hall–Kier alpha value is -3.19. The van der Waals surface area contributed by atoms with E-state index in [2.05, 4.69) is 58.0 Å². The molecule has 33 heavy (non-hydrogen) atoms. The van der Waals surface area contributed by atoms with Crippen LogP contribution in [0.25, 0.3) is 10.8 Å². The predicted octanol–water partition coefficient (Wildman–Crippen LogP) is 3.29. The Balaban J connectivity index is 1.15. The minimum Gasteiger partial charge on any atom is -0.367 e. The highest BCUT2D eigenvalue weighted by atomic mass is 16.2. The van der Waals surface area contributed by atoms with Gasteiger partial charge in [0.2, 0.25) is 0 Å². The van der Waals surface area contributed by atoms with Crippen molar-refractivity contribution in [3.63, 3.8) is 0 Å². The van der Waals surface area contributed by atoms with Crippen molar-refractivity contribution in [1.29, 1.82) is 0 Å². The summed E-state index contributed by atoms with van der Waals surface area (Å²) < 4.78 is 0. The van der Waals surface area contributed by atoms with E-state index in [9.17, 15) is 4.79 Å². The van der Waals surface area contributed by atoms with Gasteiger partial charge in [0.15, 0.2) is 6.17 Å². The Morgan fingerprint density at radius 2 is 1.67 bits per heavy atom. The van der Waals surface area contributed by atoms with Crippen molar-refractivity contribution in [1.82, 2.24) is 15.5 Å². The lowest BCUT2D eigenvalue weighted by molar-refractivity contribution is -0.121. The van der Waals surface area contributed by atoms with E-state index in [-0.39, 0.29) is 5.91 Å². The van der Waals surface area contributed by atoms with Crippen LogP contribution >= 0.6 is 0 Å². The van der Waals surface area contributed by atoms with Crippen molar-refractivity contribution >= 4 is 22.4 Å². The Morgan fingerprint density at radius 1 is 0.939 bits per heavy atom. The lowest BCUT2D eigenvalue weighted by Crippen LogP contribution is -2.58. The number of anilines is 1. The summed E-state index contributed by atoms with van der Waals surface area (Å²) >= 11 is 0. The van der Waals surface area contributed by atoms with Gasteiger partial charge >= 0.3 is 0 Å². The van der Waals surface area contributed by atoms with Gasteiger partial charge in [-0.2, -0.15) is 0 Å². The summed E-state index contributed by atoms with van der Waals surface area (Å²) in [4.78, 5) is 17.3. The van der Waals surface area contributed by atoms with Gasteiger partial charge in [0.25, 0.3) is 5.91 Å². The third-order valence-corrected chi connectivity index (χ3v) is 6.63. The summed E-state index contributed by atoms with van der Waals surface area (Å²) in [5.74, 6) is 0.0107. The van der Waals surface area contributed by atoms with Crippen LogP contribution in [0, 0.1) is 0 Å². The van der Waals surface area contributed by atoms with Gasteiger partial charge in [-0.1, -0.05) is 48.5 Å². The molecule has 0 aliphatic carbocycles. The van der Waals surface area contributed by atoms with Gasteiger partial charge in [0.05, 0.1) is 0 Å². The van der Waals surface area contributed by atoms with E-state index < -0.39 is 6.17 Å². The summed E-state index contributed by atoms with van der Waals surface area (Å²) in [5.41, 5.74) is 8.95. The van der Waals surface area contributed by atoms with Crippen LogP contribution in [0.15, 0.2) is 79.1 Å². The van der Waals surface area contributed by atoms with Crippen molar-refractivity contribution in [2.45, 2.75) is 38.1 Å². The molecule has 1 atom stereocenters. The van der Waals surface area contributed by atoms with E-state index in [4.69, 9.17) is 5.73 Å². The molecule has 0 bridgehead atoms. The summed E-state index contributed by atoms with van der Waals surface area (Å²) in [7, 11) is 0. The van der Waals surface area contributed by atoms with Crippen molar-refractivity contribution in [3.05, 3.63) is 90.3 Å². The molecule has 170 valence electrons. The molecule has 0 spiro atoms. The zero-order chi connectivity index (χ0) is 22.6. The van der Waals surface area contributed by atoms with Gasteiger partial charge in [0, 0.05) is 37.2 Å². The van der Waals surface area contributed by atoms with Crippen molar-refractivity contribution in [2.75, 3.05) is 18.0 Å². The first-order valence-corrected chi connectivity index (χ1v) is 11.7. The number of fused-ring (bicyclic) bond motifs is 1. The third-order valence-electron chi connectivity index (χ3n) is 6.63. The van der Waals surface area contributed by atoms with Crippen molar-refractivity contribution in [3.8, 4) is 0 Å². The fourth-order valence-corrected chi connectivity index (χ4v) is 4.71. The first-order valence-electron chi connectivity index (χ1n) is 11.7. The molecule has 0 radical (unpaired) electrons. The van der Waals surface area contributed by atoms with Gasteiger partial charge in [0.1, 0.15) is 0 Å². The largest absolute Gasteiger partial charge is 0.367 e. The fourth-order valence-electron chi connectivity index (χ4n) is 4.71. The first kappa shape index (κ1) is 21.6. The molecule has 3 aromatic rings. The first-order chi connectivity index (χ1) is 16.2. The van der Waals surface area contributed by atoms with Gasteiger partial charge in [-0.05, 0) is 66.0 Å². The minimum atomic E-state index is -0.416. The van der Waals surface area contributed by atoms with Crippen LogP contribution in [0.4, 0.5) is 5.69 Å². The third kappa shape index (κ3) is 4.93. The van der Waals surface area contributed by atoms with E-state index in [1.54, 1.807) is 11.1 Å². The van der Waals surface area contributed by atoms with Crippen LogP contribution in [0.3, 0.4) is 0 Å². The molecular formula is C27H31N5O. The Bertz CT molecular complexity index is 1130. The smallest absolute Gasteiger partial charge is 0.268 e. The fraction of sp³-hybridized carbons (Fsp3) is 0.296. The summed E-state index contributed by atoms with van der Waals surface area (Å²) in [6, 6.07) is 23.4. The number of nitrogens with one attached hydrogen (secondary N) is 2. The molecule has 2 aliphatic heterocycles. The zero-order valence-electron chi connectivity index (χ0n) is 18.8. The van der Waals surface area contributed by atoms with E-state index in [0.717, 1.165) is 43.7 Å². The SMILES string of the molecule is NCc1ccc(N2C=CNC(NC3CCN(Cc4ccc5ccccc5c4)CC3)C2=O)cc1. The predicted molar refractivity (Wildman–Crippen MR) is 133 cm³/mol. The van der Waals surface area contributed by atoms with E-state index in [0.29, 0.717) is 12.6 Å². The van der Waals surface area contributed by atoms with Crippen LogP contribution in [0.5, 0.6) is 0 Å². The number of nitrogens with two attached hydrogens (primary N) is 1. The number of nitrogens with zero attached hydrogens (tertiary/aromatic N) is 2. The summed E-state index contributed by atoms with van der Waals surface area (Å²) in [6.45, 7) is 3.50. The summed E-state index contributed by atoms with van der Waals surface area (Å²) in [6.07, 6.45) is 5.25. The molecule has 3 aromatic carbocycles. The molecule has 1 unspecified atom stereocenters. The van der Waals surface area contributed by atoms with E-state index in [1.807, 2.05) is 30.5 Å².